The normalized spacial score (nSPS) is 15.3. The first-order chi connectivity index (χ1) is 13.1. The van der Waals surface area contributed by atoms with E-state index in [4.69, 9.17) is 0 Å². The van der Waals surface area contributed by atoms with Crippen LogP contribution in [0.3, 0.4) is 0 Å². The van der Waals surface area contributed by atoms with Gasteiger partial charge in [-0.15, -0.1) is 0 Å². The number of likely N-dealkylation sites (N-methyl/N-ethyl adjacent to an activating group) is 1. The third kappa shape index (κ3) is 5.57. The maximum atomic E-state index is 12.4. The highest BCUT2D eigenvalue weighted by Crippen LogP contribution is 2.26. The Labute approximate surface area is 162 Å². The summed E-state index contributed by atoms with van der Waals surface area (Å²) in [4.78, 5) is 21.1. The van der Waals surface area contributed by atoms with Crippen LogP contribution in [0.4, 0.5) is 4.79 Å². The lowest BCUT2D eigenvalue weighted by molar-refractivity contribution is 0.180. The van der Waals surface area contributed by atoms with E-state index in [1.807, 2.05) is 29.3 Å². The Balaban J connectivity index is 1.43. The first-order valence-electron chi connectivity index (χ1n) is 9.86. The smallest absolute Gasteiger partial charge is 0.317 e. The highest BCUT2D eigenvalue weighted by Gasteiger charge is 2.26. The van der Waals surface area contributed by atoms with Crippen molar-refractivity contribution >= 4 is 6.03 Å². The molecule has 2 amide bonds. The molecule has 0 saturated carbocycles. The number of piperidine rings is 1. The van der Waals surface area contributed by atoms with Gasteiger partial charge in [-0.05, 0) is 38.9 Å². The van der Waals surface area contributed by atoms with Crippen LogP contribution in [0.1, 0.15) is 30.1 Å². The summed E-state index contributed by atoms with van der Waals surface area (Å²) in [7, 11) is 4.18. The molecule has 2 heterocycles. The van der Waals surface area contributed by atoms with Crippen LogP contribution in [0.25, 0.3) is 0 Å². The van der Waals surface area contributed by atoms with Crippen LogP contribution >= 0.6 is 0 Å². The summed E-state index contributed by atoms with van der Waals surface area (Å²) >= 11 is 0. The van der Waals surface area contributed by atoms with Gasteiger partial charge in [-0.25, -0.2) is 9.78 Å². The molecule has 0 unspecified atom stereocenters. The summed E-state index contributed by atoms with van der Waals surface area (Å²) in [6.45, 7) is 4.23. The number of carbonyl (C=O) groups excluding carboxylic acids is 1. The SMILES string of the molecule is CN(C)CCn1ccnc1C1CCN(C(=O)NCCc2ccccc2)CC1. The zero-order valence-electron chi connectivity index (χ0n) is 16.5. The molecule has 6 nitrogen and oxygen atoms in total. The van der Waals surface area contributed by atoms with E-state index >= 15 is 0 Å². The molecule has 0 radical (unpaired) electrons. The number of nitrogens with one attached hydrogen (secondary N) is 1. The fourth-order valence-corrected chi connectivity index (χ4v) is 3.59. The minimum absolute atomic E-state index is 0.0559. The molecule has 0 atom stereocenters. The van der Waals surface area contributed by atoms with Crippen molar-refractivity contribution in [3.05, 3.63) is 54.1 Å². The van der Waals surface area contributed by atoms with Crippen molar-refractivity contribution in [3.63, 3.8) is 0 Å². The Bertz CT molecular complexity index is 704. The minimum Gasteiger partial charge on any atom is -0.338 e. The molecule has 1 aromatic carbocycles. The number of aromatic nitrogens is 2. The number of hydrogen-bond acceptors (Lipinski definition) is 3. The zero-order chi connectivity index (χ0) is 19.1. The summed E-state index contributed by atoms with van der Waals surface area (Å²) < 4.78 is 2.26. The summed E-state index contributed by atoms with van der Waals surface area (Å²) in [5.74, 6) is 1.61. The molecule has 0 bridgehead atoms. The van der Waals surface area contributed by atoms with Gasteiger partial charge < -0.3 is 19.7 Å². The van der Waals surface area contributed by atoms with Crippen LogP contribution in [0.2, 0.25) is 0 Å². The highest BCUT2D eigenvalue weighted by molar-refractivity contribution is 5.74. The Morgan fingerprint density at radius 2 is 1.96 bits per heavy atom. The molecular formula is C21H31N5O. The second kappa shape index (κ2) is 9.55. The molecule has 0 aliphatic carbocycles. The number of likely N-dealkylation sites (tertiary alicyclic amines) is 1. The summed E-state index contributed by atoms with van der Waals surface area (Å²) in [5, 5.41) is 3.06. The number of carbonyl (C=O) groups is 1. The molecular weight excluding hydrogens is 338 g/mol. The second-order valence-corrected chi connectivity index (χ2v) is 7.51. The highest BCUT2D eigenvalue weighted by atomic mass is 16.2. The van der Waals surface area contributed by atoms with Gasteiger partial charge in [-0.1, -0.05) is 30.3 Å². The Hall–Kier alpha value is -2.34. The van der Waals surface area contributed by atoms with Crippen LogP contribution < -0.4 is 5.32 Å². The lowest BCUT2D eigenvalue weighted by Gasteiger charge is -2.32. The van der Waals surface area contributed by atoms with Crippen molar-refractivity contribution in [1.29, 1.82) is 0 Å². The number of amides is 2. The van der Waals surface area contributed by atoms with E-state index in [-0.39, 0.29) is 6.03 Å². The van der Waals surface area contributed by atoms with E-state index < -0.39 is 0 Å². The molecule has 27 heavy (non-hydrogen) atoms. The van der Waals surface area contributed by atoms with E-state index in [0.717, 1.165) is 45.4 Å². The summed E-state index contributed by atoms with van der Waals surface area (Å²) in [6.07, 6.45) is 6.79. The van der Waals surface area contributed by atoms with Crippen LogP contribution in [0, 0.1) is 0 Å². The van der Waals surface area contributed by atoms with Crippen LogP contribution in [-0.4, -0.2) is 65.7 Å². The number of nitrogens with zero attached hydrogens (tertiary/aromatic N) is 4. The quantitative estimate of drug-likeness (QED) is 0.816. The molecule has 146 valence electrons. The van der Waals surface area contributed by atoms with Gasteiger partial charge >= 0.3 is 6.03 Å². The van der Waals surface area contributed by atoms with Crippen molar-refractivity contribution in [2.24, 2.45) is 0 Å². The number of urea groups is 1. The fraction of sp³-hybridized carbons (Fsp3) is 0.524. The van der Waals surface area contributed by atoms with E-state index in [1.165, 1.54) is 11.4 Å². The van der Waals surface area contributed by atoms with Gasteiger partial charge in [0, 0.05) is 51.0 Å². The molecule has 1 aromatic heterocycles. The van der Waals surface area contributed by atoms with Crippen LogP contribution in [0.5, 0.6) is 0 Å². The van der Waals surface area contributed by atoms with E-state index in [1.54, 1.807) is 0 Å². The number of benzene rings is 1. The maximum absolute atomic E-state index is 12.4. The standard InChI is InChI=1S/C21H31N5O/c1-24(2)16-17-25-15-12-22-20(25)19-9-13-26(14-10-19)21(27)23-11-8-18-6-4-3-5-7-18/h3-7,12,15,19H,8-11,13-14,16-17H2,1-2H3,(H,23,27). The number of rotatable bonds is 7. The van der Waals surface area contributed by atoms with E-state index in [0.29, 0.717) is 12.5 Å². The van der Waals surface area contributed by atoms with Gasteiger partial charge in [-0.3, -0.25) is 0 Å². The van der Waals surface area contributed by atoms with Crippen molar-refractivity contribution in [1.82, 2.24) is 24.7 Å². The Morgan fingerprint density at radius 3 is 2.67 bits per heavy atom. The van der Waals surface area contributed by atoms with Gasteiger partial charge in [0.25, 0.3) is 0 Å². The summed E-state index contributed by atoms with van der Waals surface area (Å²) in [6, 6.07) is 10.3. The molecule has 1 aliphatic rings. The van der Waals surface area contributed by atoms with Crippen molar-refractivity contribution in [3.8, 4) is 0 Å². The third-order valence-corrected chi connectivity index (χ3v) is 5.22. The molecule has 2 aromatic rings. The minimum atomic E-state index is 0.0559. The van der Waals surface area contributed by atoms with Gasteiger partial charge in [0.15, 0.2) is 0 Å². The molecule has 1 aliphatic heterocycles. The average Bonchev–Trinajstić information content (AvgIpc) is 3.16. The molecule has 1 fully saturated rings. The van der Waals surface area contributed by atoms with E-state index in [9.17, 15) is 4.79 Å². The average molecular weight is 370 g/mol. The number of imidazole rings is 1. The van der Waals surface area contributed by atoms with Crippen molar-refractivity contribution in [2.75, 3.05) is 40.3 Å². The fourth-order valence-electron chi connectivity index (χ4n) is 3.59. The lowest BCUT2D eigenvalue weighted by Crippen LogP contribution is -2.44. The monoisotopic (exact) mass is 369 g/mol. The maximum Gasteiger partial charge on any atom is 0.317 e. The Kier molecular flexibility index (Phi) is 6.87. The molecule has 6 heteroatoms. The first-order valence-corrected chi connectivity index (χ1v) is 9.86. The molecule has 3 rings (SSSR count). The molecule has 0 spiro atoms. The largest absolute Gasteiger partial charge is 0.338 e. The predicted molar refractivity (Wildman–Crippen MR) is 108 cm³/mol. The second-order valence-electron chi connectivity index (χ2n) is 7.51. The summed E-state index contributed by atoms with van der Waals surface area (Å²) in [5.41, 5.74) is 1.25. The zero-order valence-corrected chi connectivity index (χ0v) is 16.5. The molecule has 1 saturated heterocycles. The third-order valence-electron chi connectivity index (χ3n) is 5.22. The van der Waals surface area contributed by atoms with Crippen molar-refractivity contribution in [2.45, 2.75) is 31.7 Å². The van der Waals surface area contributed by atoms with Gasteiger partial charge in [0.1, 0.15) is 5.82 Å². The van der Waals surface area contributed by atoms with Gasteiger partial charge in [0.05, 0.1) is 0 Å². The van der Waals surface area contributed by atoms with Crippen LogP contribution in [0.15, 0.2) is 42.7 Å². The Morgan fingerprint density at radius 1 is 1.22 bits per heavy atom. The van der Waals surface area contributed by atoms with E-state index in [2.05, 4.69) is 52.2 Å². The van der Waals surface area contributed by atoms with Gasteiger partial charge in [0.2, 0.25) is 0 Å². The molecule has 1 N–H and O–H groups in total. The first kappa shape index (κ1) is 19.4. The number of hydrogen-bond donors (Lipinski definition) is 1. The predicted octanol–water partition coefficient (Wildman–Crippen LogP) is 2.58. The topological polar surface area (TPSA) is 53.4 Å². The van der Waals surface area contributed by atoms with Crippen LogP contribution in [-0.2, 0) is 13.0 Å². The van der Waals surface area contributed by atoms with Crippen molar-refractivity contribution < 1.29 is 4.79 Å². The van der Waals surface area contributed by atoms with Gasteiger partial charge in [-0.2, -0.15) is 0 Å². The lowest BCUT2D eigenvalue weighted by atomic mass is 9.96.